The molecule has 1 aromatic heterocycles. The number of H-pyrrole nitrogens is 1. The van der Waals surface area contributed by atoms with Gasteiger partial charge in [0.1, 0.15) is 11.8 Å². The van der Waals surface area contributed by atoms with Crippen molar-refractivity contribution in [3.05, 3.63) is 17.5 Å². The van der Waals surface area contributed by atoms with Crippen LogP contribution in [0.25, 0.3) is 0 Å². The van der Waals surface area contributed by atoms with Crippen LogP contribution in [0.2, 0.25) is 0 Å². The van der Waals surface area contributed by atoms with Crippen LogP contribution in [0.3, 0.4) is 0 Å². The van der Waals surface area contributed by atoms with Crippen LogP contribution in [0, 0.1) is 5.92 Å². The number of epoxide rings is 1. The summed E-state index contributed by atoms with van der Waals surface area (Å²) in [5.74, 6) is 0.214. The van der Waals surface area contributed by atoms with E-state index < -0.39 is 18.0 Å². The lowest BCUT2D eigenvalue weighted by Gasteiger charge is -2.05. The number of rotatable bonds is 2. The Balaban J connectivity index is 2.21. The molecule has 2 rings (SSSR count). The maximum Gasteiger partial charge on any atom is 0.433 e. The van der Waals surface area contributed by atoms with E-state index in [1.54, 1.807) is 0 Å². The molecule has 1 aromatic rings. The quantitative estimate of drug-likeness (QED) is 0.778. The standard InChI is InChI=1S/C9H11F3N2O/c1-4(2)6-7(15-6)5-3-13-14-8(5)9(10,11)12/h3-4,6-7H,1-2H3,(H,13,14). The average Bonchev–Trinajstić information content (AvgIpc) is 2.73. The fourth-order valence-electron chi connectivity index (χ4n) is 1.62. The number of halogens is 3. The fraction of sp³-hybridized carbons (Fsp3) is 0.667. The summed E-state index contributed by atoms with van der Waals surface area (Å²) in [7, 11) is 0. The third-order valence-electron chi connectivity index (χ3n) is 2.44. The van der Waals surface area contributed by atoms with Crippen LogP contribution < -0.4 is 0 Å². The van der Waals surface area contributed by atoms with E-state index >= 15 is 0 Å². The molecule has 1 aliphatic heterocycles. The maximum absolute atomic E-state index is 12.5. The SMILES string of the molecule is CC(C)C1OC1c1cn[nH]c1C(F)(F)F. The van der Waals surface area contributed by atoms with Crippen LogP contribution in [0.4, 0.5) is 13.2 Å². The van der Waals surface area contributed by atoms with Crippen LogP contribution in [0.15, 0.2) is 6.20 Å². The van der Waals surface area contributed by atoms with E-state index in [1.165, 1.54) is 6.20 Å². The zero-order valence-electron chi connectivity index (χ0n) is 8.30. The highest BCUT2D eigenvalue weighted by Gasteiger charge is 2.48. The second kappa shape index (κ2) is 3.23. The van der Waals surface area contributed by atoms with Crippen molar-refractivity contribution in [1.82, 2.24) is 10.2 Å². The molecule has 1 N–H and O–H groups in total. The minimum atomic E-state index is -4.39. The number of hydrogen-bond acceptors (Lipinski definition) is 2. The van der Waals surface area contributed by atoms with Gasteiger partial charge in [0, 0.05) is 5.56 Å². The molecule has 2 heterocycles. The van der Waals surface area contributed by atoms with Gasteiger partial charge in [0.05, 0.1) is 12.3 Å². The van der Waals surface area contributed by atoms with E-state index in [0.29, 0.717) is 0 Å². The Bertz CT molecular complexity index is 358. The summed E-state index contributed by atoms with van der Waals surface area (Å²) >= 11 is 0. The predicted molar refractivity (Wildman–Crippen MR) is 46.0 cm³/mol. The lowest BCUT2D eigenvalue weighted by Crippen LogP contribution is -2.09. The fourth-order valence-corrected chi connectivity index (χ4v) is 1.62. The average molecular weight is 220 g/mol. The third-order valence-corrected chi connectivity index (χ3v) is 2.44. The highest BCUT2D eigenvalue weighted by molar-refractivity contribution is 5.26. The molecule has 15 heavy (non-hydrogen) atoms. The van der Waals surface area contributed by atoms with Gasteiger partial charge in [-0.25, -0.2) is 0 Å². The molecular weight excluding hydrogens is 209 g/mol. The summed E-state index contributed by atoms with van der Waals surface area (Å²) in [6.45, 7) is 3.83. The number of alkyl halides is 3. The number of aromatic amines is 1. The lowest BCUT2D eigenvalue weighted by molar-refractivity contribution is -0.142. The van der Waals surface area contributed by atoms with Crippen molar-refractivity contribution < 1.29 is 17.9 Å². The van der Waals surface area contributed by atoms with Crippen molar-refractivity contribution in [2.24, 2.45) is 5.92 Å². The van der Waals surface area contributed by atoms with Crippen molar-refractivity contribution in [2.45, 2.75) is 32.2 Å². The van der Waals surface area contributed by atoms with Gasteiger partial charge >= 0.3 is 6.18 Å². The van der Waals surface area contributed by atoms with Gasteiger partial charge in [-0.2, -0.15) is 18.3 Å². The zero-order valence-corrected chi connectivity index (χ0v) is 8.30. The van der Waals surface area contributed by atoms with Crippen molar-refractivity contribution in [2.75, 3.05) is 0 Å². The van der Waals surface area contributed by atoms with Crippen molar-refractivity contribution in [3.63, 3.8) is 0 Å². The highest BCUT2D eigenvalue weighted by Crippen LogP contribution is 2.46. The number of nitrogens with zero attached hydrogens (tertiary/aromatic N) is 1. The summed E-state index contributed by atoms with van der Waals surface area (Å²) in [5.41, 5.74) is -0.683. The second-order valence-electron chi connectivity index (χ2n) is 3.96. The third kappa shape index (κ3) is 1.86. The van der Waals surface area contributed by atoms with E-state index in [0.717, 1.165) is 0 Å². The molecule has 0 aliphatic carbocycles. The molecule has 0 saturated carbocycles. The molecule has 2 unspecified atom stereocenters. The molecule has 3 nitrogen and oxygen atoms in total. The largest absolute Gasteiger partial charge is 0.433 e. The van der Waals surface area contributed by atoms with Crippen LogP contribution in [0.5, 0.6) is 0 Å². The van der Waals surface area contributed by atoms with Crippen LogP contribution in [-0.2, 0) is 10.9 Å². The van der Waals surface area contributed by atoms with E-state index in [1.807, 2.05) is 18.9 Å². The summed E-state index contributed by atoms with van der Waals surface area (Å²) in [6, 6.07) is 0. The van der Waals surface area contributed by atoms with Gasteiger partial charge in [-0.05, 0) is 5.92 Å². The normalized spacial score (nSPS) is 26.0. The topological polar surface area (TPSA) is 41.2 Å². The Morgan fingerprint density at radius 3 is 2.60 bits per heavy atom. The smallest absolute Gasteiger partial charge is 0.364 e. The monoisotopic (exact) mass is 220 g/mol. The molecule has 0 aromatic carbocycles. The number of ether oxygens (including phenoxy) is 1. The van der Waals surface area contributed by atoms with Crippen molar-refractivity contribution in [1.29, 1.82) is 0 Å². The molecule has 84 valence electrons. The molecule has 0 spiro atoms. The minimum absolute atomic E-state index is 0.112. The first-order chi connectivity index (χ1) is 6.91. The lowest BCUT2D eigenvalue weighted by atomic mass is 10.0. The molecular formula is C9H11F3N2O. The van der Waals surface area contributed by atoms with Gasteiger partial charge < -0.3 is 4.74 Å². The van der Waals surface area contributed by atoms with E-state index in [2.05, 4.69) is 5.10 Å². The molecule has 6 heteroatoms. The Kier molecular flexibility index (Phi) is 2.26. The Hall–Kier alpha value is -1.04. The van der Waals surface area contributed by atoms with Crippen molar-refractivity contribution in [3.8, 4) is 0 Å². The van der Waals surface area contributed by atoms with Gasteiger partial charge in [-0.1, -0.05) is 13.8 Å². The highest BCUT2D eigenvalue weighted by atomic mass is 19.4. The van der Waals surface area contributed by atoms with Gasteiger partial charge in [0.25, 0.3) is 0 Å². The molecule has 0 radical (unpaired) electrons. The van der Waals surface area contributed by atoms with Gasteiger partial charge in [0.2, 0.25) is 0 Å². The Morgan fingerprint density at radius 2 is 2.13 bits per heavy atom. The van der Waals surface area contributed by atoms with Gasteiger partial charge in [-0.15, -0.1) is 0 Å². The first-order valence-corrected chi connectivity index (χ1v) is 4.67. The number of aromatic nitrogens is 2. The first kappa shape index (κ1) is 10.5. The summed E-state index contributed by atoms with van der Waals surface area (Å²) < 4.78 is 42.6. The number of hydrogen-bond donors (Lipinski definition) is 1. The molecule has 1 aliphatic rings. The molecule has 2 atom stereocenters. The Labute approximate surface area is 84.6 Å². The zero-order chi connectivity index (χ0) is 11.2. The summed E-state index contributed by atoms with van der Waals surface area (Å²) in [5, 5.41) is 5.39. The van der Waals surface area contributed by atoms with Crippen LogP contribution in [0.1, 0.15) is 31.2 Å². The molecule has 0 bridgehead atoms. The summed E-state index contributed by atoms with van der Waals surface area (Å²) in [6.07, 6.45) is -3.78. The first-order valence-electron chi connectivity index (χ1n) is 4.67. The van der Waals surface area contributed by atoms with Gasteiger partial charge in [0.15, 0.2) is 0 Å². The van der Waals surface area contributed by atoms with Crippen LogP contribution >= 0.6 is 0 Å². The van der Waals surface area contributed by atoms with E-state index in [4.69, 9.17) is 4.74 Å². The second-order valence-corrected chi connectivity index (χ2v) is 3.96. The molecule has 0 amide bonds. The van der Waals surface area contributed by atoms with E-state index in [9.17, 15) is 13.2 Å². The Morgan fingerprint density at radius 1 is 1.47 bits per heavy atom. The molecule has 1 saturated heterocycles. The van der Waals surface area contributed by atoms with Crippen LogP contribution in [-0.4, -0.2) is 16.3 Å². The van der Waals surface area contributed by atoms with E-state index in [-0.39, 0.29) is 17.6 Å². The minimum Gasteiger partial charge on any atom is -0.364 e. The summed E-state index contributed by atoms with van der Waals surface area (Å²) in [4.78, 5) is 0. The number of nitrogens with one attached hydrogen (secondary N) is 1. The van der Waals surface area contributed by atoms with Crippen molar-refractivity contribution >= 4 is 0 Å². The van der Waals surface area contributed by atoms with Gasteiger partial charge in [-0.3, -0.25) is 5.10 Å². The predicted octanol–water partition coefficient (Wildman–Crippen LogP) is 2.52. The molecule has 1 fully saturated rings. The maximum atomic E-state index is 12.5.